The SMILES string of the molecule is Cc1ccc(C)c(NC(=O)C(C)Oc2ccc(Cl)cc2C(N)=O)c1. The van der Waals surface area contributed by atoms with Crippen LogP contribution >= 0.6 is 11.6 Å². The second-order valence-electron chi connectivity index (χ2n) is 5.57. The van der Waals surface area contributed by atoms with Crippen molar-refractivity contribution in [1.29, 1.82) is 0 Å². The number of hydrogen-bond donors (Lipinski definition) is 2. The Hall–Kier alpha value is -2.53. The number of halogens is 1. The van der Waals surface area contributed by atoms with E-state index in [2.05, 4.69) is 5.32 Å². The van der Waals surface area contributed by atoms with Gasteiger partial charge in [0.25, 0.3) is 11.8 Å². The number of ether oxygens (including phenoxy) is 1. The molecule has 0 aliphatic heterocycles. The molecular formula is C18H19ClN2O3. The maximum absolute atomic E-state index is 12.4. The fourth-order valence-corrected chi connectivity index (χ4v) is 2.32. The number of carbonyl (C=O) groups excluding carboxylic acids is 2. The standard InChI is InChI=1S/C18H19ClN2O3/c1-10-4-5-11(2)15(8-10)21-18(23)12(3)24-16-7-6-13(19)9-14(16)17(20)22/h4-9,12H,1-3H3,(H2,20,22)(H,21,23). The van der Waals surface area contributed by atoms with Crippen LogP contribution in [-0.4, -0.2) is 17.9 Å². The predicted molar refractivity (Wildman–Crippen MR) is 94.6 cm³/mol. The molecule has 0 heterocycles. The van der Waals surface area contributed by atoms with Gasteiger partial charge in [-0.25, -0.2) is 0 Å². The number of primary amides is 1. The number of anilines is 1. The summed E-state index contributed by atoms with van der Waals surface area (Å²) in [4.78, 5) is 23.8. The lowest BCUT2D eigenvalue weighted by molar-refractivity contribution is -0.122. The summed E-state index contributed by atoms with van der Waals surface area (Å²) in [5, 5.41) is 3.19. The first-order valence-corrected chi connectivity index (χ1v) is 7.80. The van der Waals surface area contributed by atoms with Crippen molar-refractivity contribution >= 4 is 29.1 Å². The molecule has 3 N–H and O–H groups in total. The van der Waals surface area contributed by atoms with E-state index in [0.717, 1.165) is 16.8 Å². The topological polar surface area (TPSA) is 81.4 Å². The van der Waals surface area contributed by atoms with Gasteiger partial charge in [0.1, 0.15) is 5.75 Å². The summed E-state index contributed by atoms with van der Waals surface area (Å²) < 4.78 is 5.59. The molecule has 2 aromatic carbocycles. The number of rotatable bonds is 5. The molecule has 24 heavy (non-hydrogen) atoms. The van der Waals surface area contributed by atoms with Gasteiger partial charge < -0.3 is 15.8 Å². The Bertz CT molecular complexity index is 790. The normalized spacial score (nSPS) is 11.7. The van der Waals surface area contributed by atoms with Crippen molar-refractivity contribution in [2.75, 3.05) is 5.32 Å². The first-order valence-electron chi connectivity index (χ1n) is 7.42. The van der Waals surface area contributed by atoms with Crippen molar-refractivity contribution in [2.24, 2.45) is 5.73 Å². The molecule has 0 spiro atoms. The fraction of sp³-hybridized carbons (Fsp3) is 0.222. The van der Waals surface area contributed by atoms with Crippen molar-refractivity contribution in [2.45, 2.75) is 26.9 Å². The molecule has 6 heteroatoms. The summed E-state index contributed by atoms with van der Waals surface area (Å²) >= 11 is 5.86. The van der Waals surface area contributed by atoms with Crippen molar-refractivity contribution in [3.05, 3.63) is 58.1 Å². The average Bonchev–Trinajstić information content (AvgIpc) is 2.52. The lowest BCUT2D eigenvalue weighted by Crippen LogP contribution is -2.31. The summed E-state index contributed by atoms with van der Waals surface area (Å²) in [6, 6.07) is 10.3. The van der Waals surface area contributed by atoms with Gasteiger partial charge in [-0.2, -0.15) is 0 Å². The summed E-state index contributed by atoms with van der Waals surface area (Å²) in [7, 11) is 0. The Morgan fingerprint density at radius 2 is 1.88 bits per heavy atom. The molecule has 5 nitrogen and oxygen atoms in total. The van der Waals surface area contributed by atoms with E-state index in [1.807, 2.05) is 32.0 Å². The molecule has 2 rings (SSSR count). The highest BCUT2D eigenvalue weighted by Crippen LogP contribution is 2.24. The Kier molecular flexibility index (Phi) is 5.46. The number of carbonyl (C=O) groups is 2. The van der Waals surface area contributed by atoms with Crippen LogP contribution in [0.25, 0.3) is 0 Å². The molecule has 0 aromatic heterocycles. The Morgan fingerprint density at radius 3 is 2.54 bits per heavy atom. The van der Waals surface area contributed by atoms with Gasteiger partial charge in [-0.05, 0) is 56.2 Å². The molecule has 0 fully saturated rings. The molecule has 0 aliphatic rings. The Labute approximate surface area is 145 Å². The third-order valence-electron chi connectivity index (χ3n) is 3.53. The Balaban J connectivity index is 2.15. The van der Waals surface area contributed by atoms with Gasteiger partial charge in [-0.1, -0.05) is 23.7 Å². The highest BCUT2D eigenvalue weighted by atomic mass is 35.5. The molecule has 0 saturated carbocycles. The minimum absolute atomic E-state index is 0.133. The van der Waals surface area contributed by atoms with Crippen molar-refractivity contribution < 1.29 is 14.3 Å². The molecule has 0 radical (unpaired) electrons. The maximum Gasteiger partial charge on any atom is 0.265 e. The summed E-state index contributed by atoms with van der Waals surface area (Å²) in [6.07, 6.45) is -0.816. The predicted octanol–water partition coefficient (Wildman–Crippen LogP) is 3.46. The van der Waals surface area contributed by atoms with Crippen LogP contribution in [0.1, 0.15) is 28.4 Å². The quantitative estimate of drug-likeness (QED) is 0.869. The highest BCUT2D eigenvalue weighted by molar-refractivity contribution is 6.31. The van der Waals surface area contributed by atoms with Crippen LogP contribution in [0.4, 0.5) is 5.69 Å². The van der Waals surface area contributed by atoms with Gasteiger partial charge in [-0.3, -0.25) is 9.59 Å². The molecule has 0 saturated heterocycles. The van der Waals surface area contributed by atoms with Crippen LogP contribution in [0.2, 0.25) is 5.02 Å². The van der Waals surface area contributed by atoms with E-state index >= 15 is 0 Å². The van der Waals surface area contributed by atoms with E-state index in [9.17, 15) is 9.59 Å². The molecule has 1 atom stereocenters. The van der Waals surface area contributed by atoms with E-state index in [4.69, 9.17) is 22.1 Å². The molecule has 0 aliphatic carbocycles. The minimum atomic E-state index is -0.816. The molecule has 1 unspecified atom stereocenters. The smallest absolute Gasteiger partial charge is 0.265 e. The van der Waals surface area contributed by atoms with Crippen LogP contribution in [-0.2, 0) is 4.79 Å². The first-order chi connectivity index (χ1) is 11.3. The zero-order valence-corrected chi connectivity index (χ0v) is 14.5. The molecule has 126 valence electrons. The van der Waals surface area contributed by atoms with E-state index < -0.39 is 12.0 Å². The van der Waals surface area contributed by atoms with E-state index in [1.165, 1.54) is 12.1 Å². The zero-order chi connectivity index (χ0) is 17.9. The van der Waals surface area contributed by atoms with Crippen molar-refractivity contribution in [3.63, 3.8) is 0 Å². The summed E-state index contributed by atoms with van der Waals surface area (Å²) in [5.74, 6) is -0.778. The minimum Gasteiger partial charge on any atom is -0.480 e. The van der Waals surface area contributed by atoms with E-state index in [1.54, 1.807) is 13.0 Å². The van der Waals surface area contributed by atoms with Gasteiger partial charge >= 0.3 is 0 Å². The fourth-order valence-electron chi connectivity index (χ4n) is 2.15. The molecule has 0 bridgehead atoms. The van der Waals surface area contributed by atoms with Crippen LogP contribution in [0.15, 0.2) is 36.4 Å². The molecule has 2 amide bonds. The van der Waals surface area contributed by atoms with Crippen molar-refractivity contribution in [3.8, 4) is 5.75 Å². The largest absolute Gasteiger partial charge is 0.480 e. The number of nitrogens with one attached hydrogen (secondary N) is 1. The Morgan fingerprint density at radius 1 is 1.17 bits per heavy atom. The van der Waals surface area contributed by atoms with Gasteiger partial charge in [0, 0.05) is 10.7 Å². The second kappa shape index (κ2) is 7.36. The third-order valence-corrected chi connectivity index (χ3v) is 3.77. The van der Waals surface area contributed by atoms with Gasteiger partial charge in [0.15, 0.2) is 6.10 Å². The maximum atomic E-state index is 12.4. The number of nitrogens with two attached hydrogens (primary N) is 1. The monoisotopic (exact) mass is 346 g/mol. The van der Waals surface area contributed by atoms with E-state index in [-0.39, 0.29) is 17.2 Å². The van der Waals surface area contributed by atoms with E-state index in [0.29, 0.717) is 5.02 Å². The van der Waals surface area contributed by atoms with Gasteiger partial charge in [-0.15, -0.1) is 0 Å². The molecule has 2 aromatic rings. The van der Waals surface area contributed by atoms with Crippen LogP contribution in [0.3, 0.4) is 0 Å². The van der Waals surface area contributed by atoms with Crippen LogP contribution in [0, 0.1) is 13.8 Å². The number of hydrogen-bond acceptors (Lipinski definition) is 3. The average molecular weight is 347 g/mol. The number of amides is 2. The molecular weight excluding hydrogens is 328 g/mol. The first kappa shape index (κ1) is 17.8. The van der Waals surface area contributed by atoms with Gasteiger partial charge in [0.2, 0.25) is 0 Å². The number of aryl methyl sites for hydroxylation is 2. The lowest BCUT2D eigenvalue weighted by Gasteiger charge is -2.17. The third kappa shape index (κ3) is 4.26. The van der Waals surface area contributed by atoms with Crippen LogP contribution in [0.5, 0.6) is 5.75 Å². The summed E-state index contributed by atoms with van der Waals surface area (Å²) in [6.45, 7) is 5.45. The number of benzene rings is 2. The summed E-state index contributed by atoms with van der Waals surface area (Å²) in [5.41, 5.74) is 8.16. The highest BCUT2D eigenvalue weighted by Gasteiger charge is 2.19. The second-order valence-corrected chi connectivity index (χ2v) is 6.01. The van der Waals surface area contributed by atoms with Gasteiger partial charge in [0.05, 0.1) is 5.56 Å². The zero-order valence-electron chi connectivity index (χ0n) is 13.7. The van der Waals surface area contributed by atoms with Crippen LogP contribution < -0.4 is 15.8 Å². The van der Waals surface area contributed by atoms with Crippen molar-refractivity contribution in [1.82, 2.24) is 0 Å². The lowest BCUT2D eigenvalue weighted by atomic mass is 10.1.